The summed E-state index contributed by atoms with van der Waals surface area (Å²) in [5.41, 5.74) is 2.39. The molecular weight excluding hydrogens is 286 g/mol. The molecule has 0 N–H and O–H groups in total. The molecule has 4 nitrogen and oxygen atoms in total. The molecule has 2 rings (SSSR count). The van der Waals surface area contributed by atoms with E-state index < -0.39 is 0 Å². The monoisotopic (exact) mass is 319 g/mol. The van der Waals surface area contributed by atoms with Crippen LogP contribution < -0.4 is 0 Å². The van der Waals surface area contributed by atoms with Crippen LogP contribution in [0.1, 0.15) is 52.5 Å². The number of hydrogen-bond acceptors (Lipinski definition) is 3. The van der Waals surface area contributed by atoms with Gasteiger partial charge in [-0.05, 0) is 52.5 Å². The van der Waals surface area contributed by atoms with Crippen LogP contribution >= 0.6 is 0 Å². The maximum Gasteiger partial charge on any atom is 0.106 e. The zero-order valence-electron chi connectivity index (χ0n) is 15.5. The van der Waals surface area contributed by atoms with Crippen LogP contribution in [0, 0.1) is 5.92 Å². The van der Waals surface area contributed by atoms with E-state index in [2.05, 4.69) is 50.0 Å². The summed E-state index contributed by atoms with van der Waals surface area (Å²) in [4.78, 5) is 2.55. The van der Waals surface area contributed by atoms with Gasteiger partial charge in [0.2, 0.25) is 0 Å². The van der Waals surface area contributed by atoms with Crippen molar-refractivity contribution in [1.82, 2.24) is 14.7 Å². The van der Waals surface area contributed by atoms with Crippen molar-refractivity contribution in [3.05, 3.63) is 29.6 Å². The predicted molar refractivity (Wildman–Crippen MR) is 95.4 cm³/mol. The lowest BCUT2D eigenvalue weighted by molar-refractivity contribution is -0.104. The highest BCUT2D eigenvalue weighted by atomic mass is 16.5. The average molecular weight is 319 g/mol. The molecule has 0 bridgehead atoms. The Hall–Kier alpha value is -1.13. The maximum atomic E-state index is 6.09. The molecule has 130 valence electrons. The molecule has 1 aromatic rings. The molecule has 1 aliphatic heterocycles. The van der Waals surface area contributed by atoms with Crippen LogP contribution in [-0.4, -0.2) is 40.9 Å². The highest BCUT2D eigenvalue weighted by molar-refractivity contribution is 5.16. The van der Waals surface area contributed by atoms with E-state index >= 15 is 0 Å². The van der Waals surface area contributed by atoms with Gasteiger partial charge < -0.3 is 4.74 Å². The molecule has 0 saturated carbocycles. The Balaban J connectivity index is 1.81. The number of ether oxygens (including phenoxy) is 1. The number of morpholine rings is 1. The smallest absolute Gasteiger partial charge is 0.106 e. The molecule has 2 heterocycles. The third-order valence-electron chi connectivity index (χ3n) is 4.82. The second kappa shape index (κ2) is 8.11. The highest BCUT2D eigenvalue weighted by Gasteiger charge is 2.34. The fraction of sp³-hybridized carbons (Fsp3) is 0.737. The van der Waals surface area contributed by atoms with Crippen LogP contribution in [0.5, 0.6) is 0 Å². The number of aromatic nitrogens is 2. The van der Waals surface area contributed by atoms with Gasteiger partial charge in [0, 0.05) is 31.9 Å². The summed E-state index contributed by atoms with van der Waals surface area (Å²) in [7, 11) is 1.96. The molecule has 2 atom stereocenters. The van der Waals surface area contributed by atoms with Crippen molar-refractivity contribution in [3.63, 3.8) is 0 Å². The molecule has 1 saturated heterocycles. The Labute approximate surface area is 141 Å². The summed E-state index contributed by atoms with van der Waals surface area (Å²) in [5, 5.41) is 4.30. The molecule has 1 aliphatic rings. The van der Waals surface area contributed by atoms with Crippen LogP contribution in [0.15, 0.2) is 24.0 Å². The number of nitrogens with zero attached hydrogens (tertiary/aromatic N) is 3. The SMILES string of the molecule is CC(C)=CCC[C@H](C)CCN1CCO[C@@](C)(c2cnn(C)c2)C1. The molecule has 0 spiro atoms. The lowest BCUT2D eigenvalue weighted by Gasteiger charge is -2.40. The first-order valence-corrected chi connectivity index (χ1v) is 8.88. The molecular formula is C19H33N3O. The normalized spacial score (nSPS) is 23.7. The maximum absolute atomic E-state index is 6.09. The van der Waals surface area contributed by atoms with E-state index in [4.69, 9.17) is 4.74 Å². The number of allylic oxidation sites excluding steroid dienone is 2. The third kappa shape index (κ3) is 5.47. The first kappa shape index (κ1) is 18.2. The highest BCUT2D eigenvalue weighted by Crippen LogP contribution is 2.29. The first-order chi connectivity index (χ1) is 10.9. The van der Waals surface area contributed by atoms with Crippen molar-refractivity contribution < 1.29 is 4.74 Å². The molecule has 4 heteroatoms. The Morgan fingerprint density at radius 1 is 1.43 bits per heavy atom. The summed E-state index contributed by atoms with van der Waals surface area (Å²) in [6, 6.07) is 0. The summed E-state index contributed by atoms with van der Waals surface area (Å²) < 4.78 is 7.95. The van der Waals surface area contributed by atoms with Gasteiger partial charge in [-0.2, -0.15) is 5.10 Å². The predicted octanol–water partition coefficient (Wildman–Crippen LogP) is 3.74. The van der Waals surface area contributed by atoms with E-state index in [-0.39, 0.29) is 5.60 Å². The molecule has 0 aliphatic carbocycles. The molecule has 0 amide bonds. The minimum absolute atomic E-state index is 0.224. The van der Waals surface area contributed by atoms with E-state index in [1.807, 2.05) is 17.9 Å². The Bertz CT molecular complexity index is 518. The van der Waals surface area contributed by atoms with Crippen LogP contribution in [0.2, 0.25) is 0 Å². The lowest BCUT2D eigenvalue weighted by Crippen LogP contribution is -2.48. The molecule has 0 radical (unpaired) electrons. The Morgan fingerprint density at radius 3 is 2.87 bits per heavy atom. The van der Waals surface area contributed by atoms with Crippen molar-refractivity contribution >= 4 is 0 Å². The minimum atomic E-state index is -0.224. The van der Waals surface area contributed by atoms with E-state index in [9.17, 15) is 0 Å². The van der Waals surface area contributed by atoms with E-state index in [1.165, 1.54) is 30.4 Å². The number of aryl methyl sites for hydroxylation is 1. The molecule has 1 aromatic heterocycles. The lowest BCUT2D eigenvalue weighted by atomic mass is 9.96. The minimum Gasteiger partial charge on any atom is -0.368 e. The number of rotatable bonds is 7. The zero-order chi connectivity index (χ0) is 16.9. The van der Waals surface area contributed by atoms with Gasteiger partial charge in [0.25, 0.3) is 0 Å². The second-order valence-corrected chi connectivity index (χ2v) is 7.51. The molecule has 1 fully saturated rings. The van der Waals surface area contributed by atoms with Crippen LogP contribution in [-0.2, 0) is 17.4 Å². The van der Waals surface area contributed by atoms with Crippen molar-refractivity contribution in [2.75, 3.05) is 26.2 Å². The van der Waals surface area contributed by atoms with Gasteiger partial charge in [-0.3, -0.25) is 9.58 Å². The third-order valence-corrected chi connectivity index (χ3v) is 4.82. The van der Waals surface area contributed by atoms with Crippen LogP contribution in [0.4, 0.5) is 0 Å². The first-order valence-electron chi connectivity index (χ1n) is 8.88. The van der Waals surface area contributed by atoms with Crippen molar-refractivity contribution in [2.24, 2.45) is 13.0 Å². The molecule has 23 heavy (non-hydrogen) atoms. The average Bonchev–Trinajstić information content (AvgIpc) is 2.92. The van der Waals surface area contributed by atoms with Gasteiger partial charge in [-0.1, -0.05) is 18.6 Å². The summed E-state index contributed by atoms with van der Waals surface area (Å²) in [6.07, 6.45) is 10.1. The van der Waals surface area contributed by atoms with Gasteiger partial charge in [-0.25, -0.2) is 0 Å². The Kier molecular flexibility index (Phi) is 6.42. The zero-order valence-corrected chi connectivity index (χ0v) is 15.5. The molecule has 0 unspecified atom stereocenters. The van der Waals surface area contributed by atoms with Crippen LogP contribution in [0.3, 0.4) is 0 Å². The largest absolute Gasteiger partial charge is 0.368 e. The fourth-order valence-corrected chi connectivity index (χ4v) is 3.22. The van der Waals surface area contributed by atoms with Gasteiger partial charge in [0.05, 0.1) is 12.8 Å². The summed E-state index contributed by atoms with van der Waals surface area (Å²) in [5.74, 6) is 0.776. The van der Waals surface area contributed by atoms with Crippen molar-refractivity contribution in [1.29, 1.82) is 0 Å². The topological polar surface area (TPSA) is 30.3 Å². The standard InChI is InChI=1S/C19H33N3O/c1-16(2)7-6-8-17(3)9-10-22-11-12-23-19(4,15-22)18-13-20-21(5)14-18/h7,13-14,17H,6,8-12,15H2,1-5H3/t17-,19+/m0/s1. The number of hydrogen-bond donors (Lipinski definition) is 0. The van der Waals surface area contributed by atoms with Gasteiger partial charge >= 0.3 is 0 Å². The fourth-order valence-electron chi connectivity index (χ4n) is 3.22. The second-order valence-electron chi connectivity index (χ2n) is 7.51. The van der Waals surface area contributed by atoms with Gasteiger partial charge in [0.1, 0.15) is 5.60 Å². The molecule has 0 aromatic carbocycles. The quantitative estimate of drug-likeness (QED) is 0.717. The van der Waals surface area contributed by atoms with Crippen LogP contribution in [0.25, 0.3) is 0 Å². The van der Waals surface area contributed by atoms with Crippen molar-refractivity contribution in [2.45, 2.75) is 52.6 Å². The van der Waals surface area contributed by atoms with E-state index in [1.54, 1.807) is 0 Å². The van der Waals surface area contributed by atoms with E-state index in [0.717, 1.165) is 32.2 Å². The van der Waals surface area contributed by atoms with E-state index in [0.29, 0.717) is 0 Å². The summed E-state index contributed by atoms with van der Waals surface area (Å²) >= 11 is 0. The van der Waals surface area contributed by atoms with Crippen molar-refractivity contribution in [3.8, 4) is 0 Å². The summed E-state index contributed by atoms with van der Waals surface area (Å²) in [6.45, 7) is 12.9. The van der Waals surface area contributed by atoms with Gasteiger partial charge in [-0.15, -0.1) is 0 Å². The Morgan fingerprint density at radius 2 is 2.22 bits per heavy atom. The van der Waals surface area contributed by atoms with Gasteiger partial charge in [0.15, 0.2) is 0 Å².